The van der Waals surface area contributed by atoms with Crippen molar-refractivity contribution in [1.29, 1.82) is 0 Å². The number of carbonyl (C=O) groups is 1. The van der Waals surface area contributed by atoms with E-state index >= 15 is 4.39 Å². The lowest BCUT2D eigenvalue weighted by Crippen LogP contribution is -2.22. The number of nitrogens with one attached hydrogen (secondary N) is 1. The van der Waals surface area contributed by atoms with Gasteiger partial charge in [0.05, 0.1) is 43.2 Å². The molecule has 0 saturated heterocycles. The van der Waals surface area contributed by atoms with Gasteiger partial charge in [-0.2, -0.15) is 5.10 Å². The third kappa shape index (κ3) is 3.68. The van der Waals surface area contributed by atoms with Gasteiger partial charge in [0.2, 0.25) is 0 Å². The van der Waals surface area contributed by atoms with Crippen molar-refractivity contribution in [2.24, 2.45) is 5.92 Å². The van der Waals surface area contributed by atoms with Gasteiger partial charge in [0.15, 0.2) is 17.4 Å². The number of hydrogen-bond donors (Lipinski definition) is 1. The number of benzene rings is 2. The molecule has 0 amide bonds. The summed E-state index contributed by atoms with van der Waals surface area (Å²) in [5.74, 6) is -1.09. The first-order valence-electron chi connectivity index (χ1n) is 11.6. The Labute approximate surface area is 201 Å². The van der Waals surface area contributed by atoms with E-state index in [-0.39, 0.29) is 29.4 Å². The fourth-order valence-corrected chi connectivity index (χ4v) is 5.49. The van der Waals surface area contributed by atoms with Gasteiger partial charge in [-0.25, -0.2) is 8.78 Å². The second-order valence-electron chi connectivity index (χ2n) is 9.19. The minimum atomic E-state index is -0.477. The summed E-state index contributed by atoms with van der Waals surface area (Å²) in [5.41, 5.74) is 4.03. The fraction of sp³-hybridized carbons (Fsp3) is 0.333. The molecule has 1 fully saturated rings. The molecule has 5 rings (SSSR count). The second-order valence-corrected chi connectivity index (χ2v) is 9.19. The van der Waals surface area contributed by atoms with Crippen LogP contribution in [0.4, 0.5) is 8.78 Å². The first-order valence-corrected chi connectivity index (χ1v) is 11.6. The Balaban J connectivity index is 1.79. The van der Waals surface area contributed by atoms with Crippen molar-refractivity contribution in [2.75, 3.05) is 14.2 Å². The molecule has 6 nitrogen and oxygen atoms in total. The van der Waals surface area contributed by atoms with Gasteiger partial charge in [-0.15, -0.1) is 0 Å². The van der Waals surface area contributed by atoms with Crippen LogP contribution in [0.5, 0.6) is 5.75 Å². The van der Waals surface area contributed by atoms with E-state index in [4.69, 9.17) is 9.47 Å². The Kier molecular flexibility index (Phi) is 5.83. The maximum atomic E-state index is 16.1. The van der Waals surface area contributed by atoms with E-state index in [2.05, 4.69) is 16.8 Å². The summed E-state index contributed by atoms with van der Waals surface area (Å²) in [5, 5.41) is 7.93. The third-order valence-corrected chi connectivity index (χ3v) is 7.11. The van der Waals surface area contributed by atoms with E-state index in [1.807, 2.05) is 17.6 Å². The van der Waals surface area contributed by atoms with E-state index in [1.165, 1.54) is 20.3 Å². The standard InChI is InChI=1S/C27H27F2N3O3/c1-14(2)26-22(15-5-7-16(8-6-15)27(33)35-4)23-20(11-17-13-30-31-25(17)24(23)29)32(26)18-9-10-19(28)21(12-18)34-3/h9-13,15-16H,1,5-8H2,2-4H3,(H,30,31). The minimum Gasteiger partial charge on any atom is -0.494 e. The second kappa shape index (κ2) is 8.83. The van der Waals surface area contributed by atoms with Crippen molar-refractivity contribution in [1.82, 2.24) is 14.8 Å². The van der Waals surface area contributed by atoms with E-state index in [1.54, 1.807) is 18.3 Å². The van der Waals surface area contributed by atoms with Crippen molar-refractivity contribution in [3.05, 3.63) is 59.9 Å². The van der Waals surface area contributed by atoms with Gasteiger partial charge in [-0.05, 0) is 67.9 Å². The Bertz CT molecular complexity index is 1460. The number of halogens is 2. The quantitative estimate of drug-likeness (QED) is 0.343. The molecule has 4 aromatic rings. The van der Waals surface area contributed by atoms with Gasteiger partial charge in [-0.3, -0.25) is 9.89 Å². The van der Waals surface area contributed by atoms with Crippen LogP contribution < -0.4 is 4.74 Å². The van der Waals surface area contributed by atoms with Gasteiger partial charge < -0.3 is 14.0 Å². The molecule has 1 N–H and O–H groups in total. The van der Waals surface area contributed by atoms with Gasteiger partial charge in [0.1, 0.15) is 5.52 Å². The number of aromatic amines is 1. The molecule has 8 heteroatoms. The van der Waals surface area contributed by atoms with Gasteiger partial charge in [0, 0.05) is 16.8 Å². The SMILES string of the molecule is C=C(C)c1c(C2CCC(C(=O)OC)CC2)c2c(F)c3[nH]ncc3cc2n1-c1ccc(F)c(OC)c1. The molecule has 1 aliphatic carbocycles. The Morgan fingerprint density at radius 1 is 1.17 bits per heavy atom. The van der Waals surface area contributed by atoms with Crippen LogP contribution >= 0.6 is 0 Å². The number of esters is 1. The molecule has 0 bridgehead atoms. The number of carbonyl (C=O) groups excluding carboxylic acids is 1. The smallest absolute Gasteiger partial charge is 0.308 e. The van der Waals surface area contributed by atoms with E-state index < -0.39 is 5.82 Å². The molecule has 182 valence electrons. The van der Waals surface area contributed by atoms with Crippen molar-refractivity contribution in [3.8, 4) is 11.4 Å². The topological polar surface area (TPSA) is 69.1 Å². The van der Waals surface area contributed by atoms with E-state index in [0.29, 0.717) is 53.2 Å². The van der Waals surface area contributed by atoms with E-state index in [0.717, 1.165) is 16.8 Å². The van der Waals surface area contributed by atoms with Crippen LogP contribution in [0.15, 0.2) is 37.0 Å². The van der Waals surface area contributed by atoms with Crippen molar-refractivity contribution < 1.29 is 23.0 Å². The molecule has 0 spiro atoms. The molecule has 1 aliphatic rings. The number of hydrogen-bond acceptors (Lipinski definition) is 4. The van der Waals surface area contributed by atoms with Crippen LogP contribution in [0.1, 0.15) is 49.8 Å². The molecular formula is C27H27F2N3O3. The normalized spacial score (nSPS) is 18.2. The van der Waals surface area contributed by atoms with E-state index in [9.17, 15) is 9.18 Å². The Hall–Kier alpha value is -3.68. The highest BCUT2D eigenvalue weighted by Crippen LogP contribution is 2.46. The van der Waals surface area contributed by atoms with Gasteiger partial charge in [-0.1, -0.05) is 6.58 Å². The molecule has 0 atom stereocenters. The zero-order valence-electron chi connectivity index (χ0n) is 20.0. The fourth-order valence-electron chi connectivity index (χ4n) is 5.49. The van der Waals surface area contributed by atoms with Gasteiger partial charge >= 0.3 is 5.97 Å². The molecule has 1 saturated carbocycles. The monoisotopic (exact) mass is 479 g/mol. The number of methoxy groups -OCH3 is 2. The number of nitrogens with zero attached hydrogens (tertiary/aromatic N) is 2. The zero-order chi connectivity index (χ0) is 24.9. The number of rotatable bonds is 5. The molecule has 0 unspecified atom stereocenters. The molecule has 2 aromatic carbocycles. The van der Waals surface area contributed by atoms with Crippen LogP contribution in [0.3, 0.4) is 0 Å². The zero-order valence-corrected chi connectivity index (χ0v) is 20.0. The number of H-pyrrole nitrogens is 1. The molecule has 0 aliphatic heterocycles. The maximum Gasteiger partial charge on any atom is 0.308 e. The molecule has 2 aromatic heterocycles. The highest BCUT2D eigenvalue weighted by atomic mass is 19.1. The predicted molar refractivity (Wildman–Crippen MR) is 131 cm³/mol. The number of aromatic nitrogens is 3. The molecule has 35 heavy (non-hydrogen) atoms. The van der Waals surface area contributed by atoms with Crippen molar-refractivity contribution in [2.45, 2.75) is 38.5 Å². The lowest BCUT2D eigenvalue weighted by Gasteiger charge is -2.28. The first-order chi connectivity index (χ1) is 16.8. The third-order valence-electron chi connectivity index (χ3n) is 7.11. The lowest BCUT2D eigenvalue weighted by atomic mass is 9.77. The van der Waals surface area contributed by atoms with Crippen LogP contribution in [-0.2, 0) is 9.53 Å². The summed E-state index contributed by atoms with van der Waals surface area (Å²) in [4.78, 5) is 12.1. The summed E-state index contributed by atoms with van der Waals surface area (Å²) in [6, 6.07) is 6.50. The summed E-state index contributed by atoms with van der Waals surface area (Å²) >= 11 is 0. The molecule has 0 radical (unpaired) electrons. The van der Waals surface area contributed by atoms with Crippen LogP contribution in [0.25, 0.3) is 33.1 Å². The molecule has 2 heterocycles. The predicted octanol–water partition coefficient (Wildman–Crippen LogP) is 6.27. The number of ether oxygens (including phenoxy) is 2. The highest BCUT2D eigenvalue weighted by Gasteiger charge is 2.33. The minimum absolute atomic E-state index is 0.0172. The highest BCUT2D eigenvalue weighted by molar-refractivity contribution is 6.01. The summed E-state index contributed by atoms with van der Waals surface area (Å²) in [6.07, 6.45) is 4.34. The van der Waals surface area contributed by atoms with Gasteiger partial charge in [0.25, 0.3) is 0 Å². The summed E-state index contributed by atoms with van der Waals surface area (Å²) in [7, 11) is 2.82. The Morgan fingerprint density at radius 2 is 1.91 bits per heavy atom. The van der Waals surface area contributed by atoms with Crippen LogP contribution in [0.2, 0.25) is 0 Å². The summed E-state index contributed by atoms with van der Waals surface area (Å²) in [6.45, 7) is 6.11. The maximum absolute atomic E-state index is 16.1. The average Bonchev–Trinajstić information content (AvgIpc) is 3.47. The number of allylic oxidation sites excluding steroid dienone is 1. The molecular weight excluding hydrogens is 452 g/mol. The van der Waals surface area contributed by atoms with Crippen LogP contribution in [0, 0.1) is 17.6 Å². The van der Waals surface area contributed by atoms with Crippen LogP contribution in [-0.4, -0.2) is 35.0 Å². The first kappa shape index (κ1) is 23.1. The lowest BCUT2D eigenvalue weighted by molar-refractivity contribution is -0.146. The van der Waals surface area contributed by atoms with Crippen molar-refractivity contribution in [3.63, 3.8) is 0 Å². The van der Waals surface area contributed by atoms with Crippen molar-refractivity contribution >= 4 is 33.3 Å². The largest absolute Gasteiger partial charge is 0.494 e. The number of fused-ring (bicyclic) bond motifs is 2. The Morgan fingerprint density at radius 3 is 2.57 bits per heavy atom. The average molecular weight is 480 g/mol. The summed E-state index contributed by atoms with van der Waals surface area (Å²) < 4.78 is 42.4.